The van der Waals surface area contributed by atoms with Crippen LogP contribution in [0.1, 0.15) is 77.5 Å². The Bertz CT molecular complexity index is 1280. The Labute approximate surface area is 273 Å². The van der Waals surface area contributed by atoms with Crippen molar-refractivity contribution < 1.29 is 9.59 Å². The average molecular weight is 693 g/mol. The number of aliphatic imine (C=N–C) groups is 1. The number of hydrogen-bond acceptors (Lipinski definition) is 8. The van der Waals surface area contributed by atoms with Crippen molar-refractivity contribution in [2.45, 2.75) is 78.2 Å². The average Bonchev–Trinajstić information content (AvgIpc) is 3.79. The third-order valence-corrected chi connectivity index (χ3v) is 8.75. The lowest BCUT2D eigenvalue weighted by Crippen LogP contribution is -2.05. The van der Waals surface area contributed by atoms with Crippen molar-refractivity contribution in [2.24, 2.45) is 19.1 Å². The molecule has 0 aliphatic carbocycles. The first-order valence-corrected chi connectivity index (χ1v) is 17.9. The lowest BCUT2D eigenvalue weighted by atomic mass is 10.2. The number of imidazole rings is 3. The van der Waals surface area contributed by atoms with Gasteiger partial charge in [0.1, 0.15) is 0 Å². The molecule has 43 heavy (non-hydrogen) atoms. The van der Waals surface area contributed by atoms with Gasteiger partial charge in [-0.05, 0) is 25.7 Å². The minimum atomic E-state index is 0.216. The van der Waals surface area contributed by atoms with E-state index in [2.05, 4.69) is 40.4 Å². The van der Waals surface area contributed by atoms with E-state index in [1.807, 2.05) is 60.3 Å². The van der Waals surface area contributed by atoms with Gasteiger partial charge < -0.3 is 13.7 Å². The fourth-order valence-electron chi connectivity index (χ4n) is 4.15. The van der Waals surface area contributed by atoms with Gasteiger partial charge in [0.2, 0.25) is 0 Å². The standard InChI is InChI=1S/C15H22N4OS.C8H15BrOS.C8H9N3/c1-13(20)21-12-6-4-3-5-9-19-11-8-17-15(19)14-16-7-10-18(14)2;1-8(10)11-7-5-3-2-4-6-9;1-11-6-5-10-8(11)7-3-2-4-9-7/h7-8,10-11H,3-6,9,12H2,1-2H3;2-7H2,1H3;2,4-6H,3H2,1H3. The number of aromatic nitrogens is 6. The molecule has 0 N–H and O–H groups in total. The van der Waals surface area contributed by atoms with E-state index in [9.17, 15) is 9.59 Å². The highest BCUT2D eigenvalue weighted by Gasteiger charge is 2.10. The van der Waals surface area contributed by atoms with Gasteiger partial charge in [0, 0.05) is 101 Å². The Morgan fingerprint density at radius 1 is 0.744 bits per heavy atom. The summed E-state index contributed by atoms with van der Waals surface area (Å²) in [5, 5.41) is 1.56. The Morgan fingerprint density at radius 3 is 1.79 bits per heavy atom. The Balaban J connectivity index is 0.000000247. The molecule has 12 heteroatoms. The van der Waals surface area contributed by atoms with Gasteiger partial charge in [0.25, 0.3) is 0 Å². The molecule has 0 saturated carbocycles. The van der Waals surface area contributed by atoms with Crippen LogP contribution in [-0.4, -0.2) is 61.4 Å². The van der Waals surface area contributed by atoms with E-state index >= 15 is 0 Å². The summed E-state index contributed by atoms with van der Waals surface area (Å²) in [7, 11) is 3.96. The van der Waals surface area contributed by atoms with E-state index in [4.69, 9.17) is 0 Å². The molecule has 3 aromatic heterocycles. The summed E-state index contributed by atoms with van der Waals surface area (Å²) < 4.78 is 6.12. The fraction of sp³-hybridized carbons (Fsp3) is 0.548. The molecule has 0 bridgehead atoms. The zero-order chi connectivity index (χ0) is 31.3. The third-order valence-electron chi connectivity index (χ3n) is 6.39. The number of nitrogens with zero attached hydrogens (tertiary/aromatic N) is 7. The number of hydrogen-bond donors (Lipinski definition) is 0. The summed E-state index contributed by atoms with van der Waals surface area (Å²) >= 11 is 6.25. The van der Waals surface area contributed by atoms with Crippen LogP contribution in [-0.2, 0) is 30.2 Å². The largest absolute Gasteiger partial charge is 0.333 e. The zero-order valence-electron chi connectivity index (χ0n) is 26.0. The van der Waals surface area contributed by atoms with Crippen molar-refractivity contribution in [1.29, 1.82) is 0 Å². The number of alkyl halides is 1. The molecule has 0 saturated heterocycles. The minimum absolute atomic E-state index is 0.216. The molecule has 1 aliphatic rings. The Kier molecular flexibility index (Phi) is 18.9. The predicted octanol–water partition coefficient (Wildman–Crippen LogP) is 7.47. The van der Waals surface area contributed by atoms with Crippen LogP contribution in [0.2, 0.25) is 0 Å². The summed E-state index contributed by atoms with van der Waals surface area (Å²) in [6, 6.07) is 0. The molecule has 4 rings (SSSR count). The highest BCUT2D eigenvalue weighted by molar-refractivity contribution is 9.09. The number of unbranched alkanes of at least 4 members (excludes halogenated alkanes) is 6. The molecule has 0 radical (unpaired) electrons. The van der Waals surface area contributed by atoms with Crippen LogP contribution in [0.3, 0.4) is 0 Å². The van der Waals surface area contributed by atoms with Gasteiger partial charge in [-0.15, -0.1) is 0 Å². The number of carbonyl (C=O) groups excluding carboxylic acids is 2. The summed E-state index contributed by atoms with van der Waals surface area (Å²) in [5.74, 6) is 4.73. The van der Waals surface area contributed by atoms with Crippen LogP contribution in [0.4, 0.5) is 0 Å². The Hall–Kier alpha value is -2.44. The normalized spacial score (nSPS) is 11.9. The van der Waals surface area contributed by atoms with Crippen LogP contribution < -0.4 is 0 Å². The topological polar surface area (TPSA) is 100.0 Å². The van der Waals surface area contributed by atoms with Crippen molar-refractivity contribution >= 4 is 55.4 Å². The van der Waals surface area contributed by atoms with Crippen LogP contribution in [0, 0.1) is 0 Å². The number of allylic oxidation sites excluding steroid dienone is 1. The number of aryl methyl sites for hydroxylation is 3. The van der Waals surface area contributed by atoms with E-state index in [1.165, 1.54) is 62.0 Å². The van der Waals surface area contributed by atoms with Crippen molar-refractivity contribution in [3.63, 3.8) is 0 Å². The third kappa shape index (κ3) is 15.2. The quantitative estimate of drug-likeness (QED) is 0.120. The van der Waals surface area contributed by atoms with Gasteiger partial charge in [-0.2, -0.15) is 0 Å². The van der Waals surface area contributed by atoms with Crippen LogP contribution >= 0.6 is 39.5 Å². The first-order chi connectivity index (χ1) is 20.8. The monoisotopic (exact) mass is 691 g/mol. The van der Waals surface area contributed by atoms with Gasteiger partial charge in [0.05, 0.1) is 5.71 Å². The molecule has 0 unspecified atom stereocenters. The molecular formula is C31H46BrN7O2S2. The zero-order valence-corrected chi connectivity index (χ0v) is 29.2. The first-order valence-electron chi connectivity index (χ1n) is 14.8. The molecule has 236 valence electrons. The molecule has 9 nitrogen and oxygen atoms in total. The van der Waals surface area contributed by atoms with Crippen molar-refractivity contribution in [2.75, 3.05) is 16.8 Å². The molecule has 1 aliphatic heterocycles. The number of thioether (sulfide) groups is 2. The van der Waals surface area contributed by atoms with Gasteiger partial charge in [0.15, 0.2) is 27.7 Å². The van der Waals surface area contributed by atoms with Gasteiger partial charge in [-0.3, -0.25) is 14.6 Å². The molecule has 0 aromatic carbocycles. The minimum Gasteiger partial charge on any atom is -0.333 e. The Morgan fingerprint density at radius 2 is 1.28 bits per heavy atom. The molecule has 0 fully saturated rings. The van der Waals surface area contributed by atoms with Gasteiger partial charge in [-0.25, -0.2) is 15.0 Å². The highest BCUT2D eigenvalue weighted by atomic mass is 79.9. The van der Waals surface area contributed by atoms with E-state index in [0.717, 1.165) is 65.8 Å². The molecule has 0 spiro atoms. The molecule has 0 amide bonds. The van der Waals surface area contributed by atoms with Gasteiger partial charge >= 0.3 is 0 Å². The smallest absolute Gasteiger partial charge is 0.185 e. The molecular weight excluding hydrogens is 646 g/mol. The molecule has 0 atom stereocenters. The maximum absolute atomic E-state index is 10.8. The second-order valence-electron chi connectivity index (χ2n) is 10.0. The SMILES string of the molecule is CC(=O)SCCCCCCBr.CC(=O)SCCCCCCn1ccnc1-c1nccn1C.Cn1ccnc1C1=NC=CC1. The predicted molar refractivity (Wildman–Crippen MR) is 185 cm³/mol. The first kappa shape index (κ1) is 36.8. The molecule has 4 heterocycles. The maximum Gasteiger partial charge on any atom is 0.185 e. The van der Waals surface area contributed by atoms with Crippen LogP contribution in [0.15, 0.2) is 54.4 Å². The summed E-state index contributed by atoms with van der Waals surface area (Å²) in [4.78, 5) is 38.4. The number of rotatable bonds is 15. The second-order valence-corrected chi connectivity index (χ2v) is 13.4. The van der Waals surface area contributed by atoms with Crippen molar-refractivity contribution in [1.82, 2.24) is 28.7 Å². The number of halogens is 1. The lowest BCUT2D eigenvalue weighted by molar-refractivity contribution is -0.109. The van der Waals surface area contributed by atoms with Crippen LogP contribution in [0.25, 0.3) is 11.6 Å². The fourth-order valence-corrected chi connectivity index (χ4v) is 5.82. The van der Waals surface area contributed by atoms with E-state index in [0.29, 0.717) is 0 Å². The van der Waals surface area contributed by atoms with E-state index in [1.54, 1.807) is 26.2 Å². The van der Waals surface area contributed by atoms with Crippen molar-refractivity contribution in [3.8, 4) is 11.6 Å². The summed E-state index contributed by atoms with van der Waals surface area (Å²) in [5.41, 5.74) is 1.05. The van der Waals surface area contributed by atoms with E-state index in [-0.39, 0.29) is 10.2 Å². The maximum atomic E-state index is 10.8. The van der Waals surface area contributed by atoms with Crippen molar-refractivity contribution in [3.05, 3.63) is 55.3 Å². The molecule has 3 aromatic rings. The summed E-state index contributed by atoms with van der Waals surface area (Å²) in [6.07, 6.45) is 25.6. The van der Waals surface area contributed by atoms with Gasteiger partial charge in [-0.1, -0.05) is 71.2 Å². The number of carbonyl (C=O) groups is 2. The highest BCUT2D eigenvalue weighted by Crippen LogP contribution is 2.16. The second kappa shape index (κ2) is 22.1. The summed E-state index contributed by atoms with van der Waals surface area (Å²) in [6.45, 7) is 4.22. The lowest BCUT2D eigenvalue weighted by Gasteiger charge is -2.07. The van der Waals surface area contributed by atoms with E-state index < -0.39 is 0 Å². The van der Waals surface area contributed by atoms with Crippen LogP contribution in [0.5, 0.6) is 0 Å².